The van der Waals surface area contributed by atoms with Gasteiger partial charge in [-0.15, -0.1) is 12.4 Å². The third kappa shape index (κ3) is 5.86. The first-order valence-electron chi connectivity index (χ1n) is 7.52. The van der Waals surface area contributed by atoms with Gasteiger partial charge >= 0.3 is 0 Å². The molecule has 0 radical (unpaired) electrons. The Morgan fingerprint density at radius 2 is 2.04 bits per heavy atom. The molecule has 1 aromatic rings. The summed E-state index contributed by atoms with van der Waals surface area (Å²) in [5.41, 5.74) is 0.966. The molecule has 1 heterocycles. The van der Waals surface area contributed by atoms with Crippen LogP contribution in [0.25, 0.3) is 0 Å². The van der Waals surface area contributed by atoms with Crippen LogP contribution in [-0.2, 0) is 11.3 Å². The van der Waals surface area contributed by atoms with Gasteiger partial charge in [0.2, 0.25) is 5.91 Å². The highest BCUT2D eigenvalue weighted by molar-refractivity contribution is 9.10. The van der Waals surface area contributed by atoms with Crippen LogP contribution in [0.15, 0.2) is 16.6 Å². The molecule has 0 bridgehead atoms. The van der Waals surface area contributed by atoms with E-state index in [1.54, 1.807) is 14.2 Å². The van der Waals surface area contributed by atoms with Crippen molar-refractivity contribution in [3.05, 3.63) is 22.2 Å². The number of carbonyl (C=O) groups excluding carboxylic acids is 1. The number of hydrogen-bond acceptors (Lipinski definition) is 4. The summed E-state index contributed by atoms with van der Waals surface area (Å²) in [5, 5.41) is 6.29. The molecule has 2 rings (SSSR count). The first kappa shape index (κ1) is 20.1. The van der Waals surface area contributed by atoms with E-state index >= 15 is 0 Å². The molecule has 0 aliphatic carbocycles. The largest absolute Gasteiger partial charge is 0.493 e. The number of hydrogen-bond donors (Lipinski definition) is 2. The smallest absolute Gasteiger partial charge is 0.220 e. The van der Waals surface area contributed by atoms with Crippen molar-refractivity contribution in [3.8, 4) is 11.5 Å². The van der Waals surface area contributed by atoms with Crippen LogP contribution in [0.5, 0.6) is 11.5 Å². The Hall–Kier alpha value is -0.980. The standard InChI is InChI=1S/C16H23BrN2O3.ClH/c1-21-14-7-12(13(17)8-15(14)22-2)10-19-16(20)4-3-11-5-6-18-9-11;/h7-8,11,18H,3-6,9-10H2,1-2H3,(H,19,20);1H. The second kappa shape index (κ2) is 10.0. The molecule has 0 saturated carbocycles. The van der Waals surface area contributed by atoms with Crippen molar-refractivity contribution < 1.29 is 14.3 Å². The first-order chi connectivity index (χ1) is 10.6. The zero-order valence-electron chi connectivity index (χ0n) is 13.5. The molecule has 2 N–H and O–H groups in total. The van der Waals surface area contributed by atoms with Gasteiger partial charge in [0, 0.05) is 17.4 Å². The van der Waals surface area contributed by atoms with Gasteiger partial charge in [0.15, 0.2) is 11.5 Å². The first-order valence-corrected chi connectivity index (χ1v) is 8.31. The van der Waals surface area contributed by atoms with Crippen molar-refractivity contribution in [3.63, 3.8) is 0 Å². The van der Waals surface area contributed by atoms with Crippen LogP contribution in [0, 0.1) is 5.92 Å². The van der Waals surface area contributed by atoms with Gasteiger partial charge in [-0.3, -0.25) is 4.79 Å². The number of benzene rings is 1. The van der Waals surface area contributed by atoms with E-state index < -0.39 is 0 Å². The molecule has 1 aliphatic rings. The Kier molecular flexibility index (Phi) is 8.73. The zero-order chi connectivity index (χ0) is 15.9. The van der Waals surface area contributed by atoms with Crippen molar-refractivity contribution in [2.75, 3.05) is 27.3 Å². The van der Waals surface area contributed by atoms with E-state index in [0.29, 0.717) is 30.4 Å². The lowest BCUT2D eigenvalue weighted by Gasteiger charge is -2.13. The van der Waals surface area contributed by atoms with Crippen LogP contribution in [0.2, 0.25) is 0 Å². The van der Waals surface area contributed by atoms with Crippen molar-refractivity contribution in [1.82, 2.24) is 10.6 Å². The fraction of sp³-hybridized carbons (Fsp3) is 0.562. The summed E-state index contributed by atoms with van der Waals surface area (Å²) in [4.78, 5) is 12.0. The molecule has 1 atom stereocenters. The Labute approximate surface area is 152 Å². The Morgan fingerprint density at radius 1 is 1.35 bits per heavy atom. The van der Waals surface area contributed by atoms with Crippen LogP contribution in [0.1, 0.15) is 24.8 Å². The van der Waals surface area contributed by atoms with Gasteiger partial charge in [-0.05, 0) is 49.5 Å². The Balaban J connectivity index is 0.00000264. The molecule has 1 fully saturated rings. The molecule has 1 aromatic carbocycles. The molecule has 5 nitrogen and oxygen atoms in total. The van der Waals surface area contributed by atoms with Gasteiger partial charge in [0.05, 0.1) is 14.2 Å². The lowest BCUT2D eigenvalue weighted by molar-refractivity contribution is -0.121. The summed E-state index contributed by atoms with van der Waals surface area (Å²) >= 11 is 3.50. The fourth-order valence-corrected chi connectivity index (χ4v) is 3.07. The molecule has 23 heavy (non-hydrogen) atoms. The van der Waals surface area contributed by atoms with Crippen LogP contribution >= 0.6 is 28.3 Å². The minimum absolute atomic E-state index is 0. The van der Waals surface area contributed by atoms with E-state index in [-0.39, 0.29) is 18.3 Å². The monoisotopic (exact) mass is 406 g/mol. The number of nitrogens with one attached hydrogen (secondary N) is 2. The SMILES string of the molecule is COc1cc(Br)c(CNC(=O)CCC2CCNC2)cc1OC.Cl. The van der Waals surface area contributed by atoms with E-state index in [0.717, 1.165) is 29.5 Å². The van der Waals surface area contributed by atoms with Gasteiger partial charge < -0.3 is 20.1 Å². The number of methoxy groups -OCH3 is 2. The topological polar surface area (TPSA) is 59.6 Å². The highest BCUT2D eigenvalue weighted by Crippen LogP contribution is 2.33. The second-order valence-electron chi connectivity index (χ2n) is 5.47. The molecule has 0 spiro atoms. The predicted octanol–water partition coefficient (Wildman–Crippen LogP) is 2.89. The van der Waals surface area contributed by atoms with Crippen LogP contribution in [-0.4, -0.2) is 33.2 Å². The molecule has 1 aliphatic heterocycles. The zero-order valence-corrected chi connectivity index (χ0v) is 15.9. The molecule has 130 valence electrons. The number of carbonyl (C=O) groups is 1. The summed E-state index contributed by atoms with van der Waals surface area (Å²) in [7, 11) is 3.20. The normalized spacial score (nSPS) is 16.6. The predicted molar refractivity (Wildman–Crippen MR) is 96.6 cm³/mol. The third-order valence-electron chi connectivity index (χ3n) is 3.97. The highest BCUT2D eigenvalue weighted by Gasteiger charge is 2.16. The van der Waals surface area contributed by atoms with Crippen molar-refractivity contribution in [1.29, 1.82) is 0 Å². The average molecular weight is 408 g/mol. The number of halogens is 2. The summed E-state index contributed by atoms with van der Waals surface area (Å²) in [5.74, 6) is 2.05. The van der Waals surface area contributed by atoms with Crippen LogP contribution in [0.3, 0.4) is 0 Å². The van der Waals surface area contributed by atoms with E-state index in [1.165, 1.54) is 6.42 Å². The van der Waals surface area contributed by atoms with Gasteiger partial charge in [0.1, 0.15) is 0 Å². The van der Waals surface area contributed by atoms with Gasteiger partial charge in [-0.2, -0.15) is 0 Å². The summed E-state index contributed by atoms with van der Waals surface area (Å²) in [6.45, 7) is 2.59. The third-order valence-corrected chi connectivity index (χ3v) is 4.71. The summed E-state index contributed by atoms with van der Waals surface area (Å²) in [6, 6.07) is 3.73. The quantitative estimate of drug-likeness (QED) is 0.730. The number of ether oxygens (including phenoxy) is 2. The van der Waals surface area contributed by atoms with E-state index in [2.05, 4.69) is 26.6 Å². The maximum Gasteiger partial charge on any atom is 0.220 e. The lowest BCUT2D eigenvalue weighted by Crippen LogP contribution is -2.23. The Morgan fingerprint density at radius 3 is 2.65 bits per heavy atom. The number of rotatable bonds is 7. The second-order valence-corrected chi connectivity index (χ2v) is 6.33. The molecular weight excluding hydrogens is 384 g/mol. The van der Waals surface area contributed by atoms with Crippen molar-refractivity contribution in [2.24, 2.45) is 5.92 Å². The average Bonchev–Trinajstić information content (AvgIpc) is 3.04. The van der Waals surface area contributed by atoms with Crippen molar-refractivity contribution in [2.45, 2.75) is 25.8 Å². The maximum absolute atomic E-state index is 12.0. The molecule has 1 saturated heterocycles. The fourth-order valence-electron chi connectivity index (χ4n) is 2.61. The van der Waals surface area contributed by atoms with E-state index in [1.807, 2.05) is 12.1 Å². The Bertz CT molecular complexity index is 522. The molecule has 1 unspecified atom stereocenters. The molecule has 7 heteroatoms. The minimum atomic E-state index is 0. The van der Waals surface area contributed by atoms with Crippen LogP contribution in [0.4, 0.5) is 0 Å². The highest BCUT2D eigenvalue weighted by atomic mass is 79.9. The molecule has 0 aromatic heterocycles. The molecular formula is C16H24BrClN2O3. The number of amides is 1. The van der Waals surface area contributed by atoms with Crippen molar-refractivity contribution >= 4 is 34.2 Å². The lowest BCUT2D eigenvalue weighted by atomic mass is 10.0. The molecule has 1 amide bonds. The van der Waals surface area contributed by atoms with Crippen LogP contribution < -0.4 is 20.1 Å². The van der Waals surface area contributed by atoms with Gasteiger partial charge in [-0.1, -0.05) is 15.9 Å². The summed E-state index contributed by atoms with van der Waals surface area (Å²) < 4.78 is 11.4. The maximum atomic E-state index is 12.0. The van der Waals surface area contributed by atoms with Gasteiger partial charge in [0.25, 0.3) is 0 Å². The van der Waals surface area contributed by atoms with E-state index in [9.17, 15) is 4.79 Å². The summed E-state index contributed by atoms with van der Waals surface area (Å²) in [6.07, 6.45) is 2.71. The van der Waals surface area contributed by atoms with Gasteiger partial charge in [-0.25, -0.2) is 0 Å². The van der Waals surface area contributed by atoms with E-state index in [4.69, 9.17) is 9.47 Å². The minimum Gasteiger partial charge on any atom is -0.493 e.